The van der Waals surface area contributed by atoms with Crippen LogP contribution in [0.25, 0.3) is 11.1 Å². The second-order valence-electron chi connectivity index (χ2n) is 5.57. The fourth-order valence-electron chi connectivity index (χ4n) is 2.20. The Bertz CT molecular complexity index is 882. The van der Waals surface area contributed by atoms with Gasteiger partial charge in [-0.25, -0.2) is 4.79 Å². The van der Waals surface area contributed by atoms with Gasteiger partial charge in [-0.3, -0.25) is 10.1 Å². The van der Waals surface area contributed by atoms with Crippen molar-refractivity contribution in [1.82, 2.24) is 0 Å². The molecule has 0 saturated heterocycles. The molecule has 0 bridgehead atoms. The molecule has 0 aliphatic rings. The summed E-state index contributed by atoms with van der Waals surface area (Å²) in [5.74, 6) is -2.75. The minimum absolute atomic E-state index is 0.158. The minimum Gasteiger partial charge on any atom is -0.507 e. The van der Waals surface area contributed by atoms with Crippen LogP contribution in [0.4, 0.5) is 23.2 Å². The van der Waals surface area contributed by atoms with E-state index in [0.717, 1.165) is 17.7 Å². The van der Waals surface area contributed by atoms with E-state index in [-0.39, 0.29) is 11.1 Å². The number of esters is 1. The van der Waals surface area contributed by atoms with Gasteiger partial charge in [-0.1, -0.05) is 29.8 Å². The van der Waals surface area contributed by atoms with Gasteiger partial charge < -0.3 is 14.6 Å². The van der Waals surface area contributed by atoms with E-state index in [1.54, 1.807) is 19.1 Å². The average Bonchev–Trinajstić information content (AvgIpc) is 2.59. The second-order valence-corrected chi connectivity index (χ2v) is 5.57. The molecule has 28 heavy (non-hydrogen) atoms. The first kappa shape index (κ1) is 20.9. The molecule has 1 N–H and O–H groups in total. The lowest BCUT2D eigenvalue weighted by molar-refractivity contribution is -0.385. The maximum absolute atomic E-state index is 12.8. The molecule has 7 nitrogen and oxygen atoms in total. The molecule has 2 aromatic carbocycles. The number of rotatable bonds is 6. The number of carbonyl (C=O) groups is 1. The zero-order chi connectivity index (χ0) is 21.1. The van der Waals surface area contributed by atoms with Gasteiger partial charge in [-0.2, -0.15) is 17.6 Å². The number of alkyl halides is 4. The number of ether oxygens (including phenoxy) is 2. The SMILES string of the molecule is Cc1ccc(-c2c(O)ccc([N+](=O)[O-])c2OCC(=O)OC(F)C(F)(F)F)cc1. The smallest absolute Gasteiger partial charge is 0.457 e. The normalized spacial score (nSPS) is 12.3. The van der Waals surface area contributed by atoms with Crippen molar-refractivity contribution in [2.75, 3.05) is 6.61 Å². The Kier molecular flexibility index (Phi) is 6.06. The van der Waals surface area contributed by atoms with Crippen molar-refractivity contribution < 1.29 is 41.9 Å². The van der Waals surface area contributed by atoms with Crippen molar-refractivity contribution in [1.29, 1.82) is 0 Å². The van der Waals surface area contributed by atoms with E-state index in [0.29, 0.717) is 0 Å². The van der Waals surface area contributed by atoms with E-state index in [2.05, 4.69) is 4.74 Å². The Morgan fingerprint density at radius 1 is 1.21 bits per heavy atom. The van der Waals surface area contributed by atoms with Crippen LogP contribution < -0.4 is 4.74 Å². The highest BCUT2D eigenvalue weighted by molar-refractivity contribution is 5.82. The van der Waals surface area contributed by atoms with Crippen LogP contribution in [0.2, 0.25) is 0 Å². The van der Waals surface area contributed by atoms with Crippen molar-refractivity contribution in [3.63, 3.8) is 0 Å². The topological polar surface area (TPSA) is 98.9 Å². The summed E-state index contributed by atoms with van der Waals surface area (Å²) < 4.78 is 57.6. The van der Waals surface area contributed by atoms with Gasteiger partial charge in [0.25, 0.3) is 0 Å². The molecule has 2 aromatic rings. The Morgan fingerprint density at radius 2 is 1.82 bits per heavy atom. The molecule has 1 unspecified atom stereocenters. The van der Waals surface area contributed by atoms with Crippen LogP contribution in [0.1, 0.15) is 5.56 Å². The lowest BCUT2D eigenvalue weighted by Gasteiger charge is -2.15. The fraction of sp³-hybridized carbons (Fsp3) is 0.235. The largest absolute Gasteiger partial charge is 0.507 e. The Morgan fingerprint density at radius 3 is 2.36 bits per heavy atom. The molecule has 0 aromatic heterocycles. The van der Waals surface area contributed by atoms with Gasteiger partial charge in [0.1, 0.15) is 5.75 Å². The third kappa shape index (κ3) is 4.87. The van der Waals surface area contributed by atoms with Gasteiger partial charge in [0.05, 0.1) is 10.5 Å². The Hall–Kier alpha value is -3.37. The highest BCUT2D eigenvalue weighted by atomic mass is 19.4. The molecule has 150 valence electrons. The van der Waals surface area contributed by atoms with Crippen LogP contribution >= 0.6 is 0 Å². The molecule has 11 heteroatoms. The van der Waals surface area contributed by atoms with Crippen LogP contribution in [0.5, 0.6) is 11.5 Å². The highest BCUT2D eigenvalue weighted by Gasteiger charge is 2.43. The summed E-state index contributed by atoms with van der Waals surface area (Å²) in [5.41, 5.74) is 0.318. The Labute approximate surface area is 155 Å². The molecule has 0 heterocycles. The third-order valence-electron chi connectivity index (χ3n) is 3.48. The van der Waals surface area contributed by atoms with Crippen molar-refractivity contribution in [3.8, 4) is 22.6 Å². The summed E-state index contributed by atoms with van der Waals surface area (Å²) in [6, 6.07) is 8.23. The van der Waals surface area contributed by atoms with Gasteiger partial charge in [-0.15, -0.1) is 0 Å². The number of phenolic OH excluding ortho intramolecular Hbond substituents is 1. The standard InChI is InChI=1S/C17H13F4NO6/c1-9-2-4-10(5-3-9)14-12(23)7-6-11(22(25)26)15(14)27-8-13(24)28-16(18)17(19,20)21/h2-7,16,23H,8H2,1H3. The summed E-state index contributed by atoms with van der Waals surface area (Å²) in [7, 11) is 0. The van der Waals surface area contributed by atoms with E-state index in [1.807, 2.05) is 0 Å². The summed E-state index contributed by atoms with van der Waals surface area (Å²) in [5, 5.41) is 21.4. The maximum Gasteiger partial charge on any atom is 0.457 e. The van der Waals surface area contributed by atoms with E-state index < -0.39 is 47.2 Å². The molecule has 0 aliphatic heterocycles. The molecule has 2 rings (SSSR count). The predicted octanol–water partition coefficient (Wildman–Crippen LogP) is 4.06. The van der Waals surface area contributed by atoms with Crippen LogP contribution in [-0.4, -0.2) is 35.1 Å². The summed E-state index contributed by atoms with van der Waals surface area (Å²) >= 11 is 0. The van der Waals surface area contributed by atoms with Crippen LogP contribution in [0.3, 0.4) is 0 Å². The van der Waals surface area contributed by atoms with E-state index in [1.165, 1.54) is 12.1 Å². The van der Waals surface area contributed by atoms with E-state index >= 15 is 0 Å². The van der Waals surface area contributed by atoms with E-state index in [9.17, 15) is 37.6 Å². The number of carbonyl (C=O) groups excluding carboxylic acids is 1. The summed E-state index contributed by atoms with van der Waals surface area (Å²) in [6.07, 6.45) is -9.28. The second kappa shape index (κ2) is 8.11. The number of benzene rings is 2. The number of nitrogens with zero attached hydrogens (tertiary/aromatic N) is 1. The molecular formula is C17H13F4NO6. The van der Waals surface area contributed by atoms with Gasteiger partial charge in [0.2, 0.25) is 5.75 Å². The molecule has 0 amide bonds. The first-order valence-corrected chi connectivity index (χ1v) is 7.61. The first-order chi connectivity index (χ1) is 13.0. The molecule has 0 radical (unpaired) electrons. The lowest BCUT2D eigenvalue weighted by Crippen LogP contribution is -2.31. The minimum atomic E-state index is -5.42. The first-order valence-electron chi connectivity index (χ1n) is 7.61. The number of nitro benzene ring substituents is 1. The zero-order valence-electron chi connectivity index (χ0n) is 14.2. The average molecular weight is 403 g/mol. The number of hydrogen-bond acceptors (Lipinski definition) is 6. The van der Waals surface area contributed by atoms with Gasteiger partial charge in [0.15, 0.2) is 6.61 Å². The zero-order valence-corrected chi connectivity index (χ0v) is 14.2. The molecule has 0 aliphatic carbocycles. The monoisotopic (exact) mass is 403 g/mol. The molecule has 0 saturated carbocycles. The van der Waals surface area contributed by atoms with Crippen LogP contribution in [0, 0.1) is 17.0 Å². The molecule has 0 fully saturated rings. The van der Waals surface area contributed by atoms with Crippen molar-refractivity contribution in [2.24, 2.45) is 0 Å². The number of halogens is 4. The van der Waals surface area contributed by atoms with Crippen LogP contribution in [-0.2, 0) is 9.53 Å². The van der Waals surface area contributed by atoms with Crippen molar-refractivity contribution in [2.45, 2.75) is 19.5 Å². The number of hydrogen-bond donors (Lipinski definition) is 1. The highest BCUT2D eigenvalue weighted by Crippen LogP contribution is 2.44. The van der Waals surface area contributed by atoms with Crippen LogP contribution in [0.15, 0.2) is 36.4 Å². The number of aromatic hydroxyl groups is 1. The number of nitro groups is 1. The number of phenols is 1. The van der Waals surface area contributed by atoms with Gasteiger partial charge >= 0.3 is 24.2 Å². The quantitative estimate of drug-likeness (QED) is 0.338. The van der Waals surface area contributed by atoms with Crippen molar-refractivity contribution in [3.05, 3.63) is 52.1 Å². The van der Waals surface area contributed by atoms with Crippen molar-refractivity contribution >= 4 is 11.7 Å². The fourth-order valence-corrected chi connectivity index (χ4v) is 2.20. The third-order valence-corrected chi connectivity index (χ3v) is 3.48. The molecule has 1 atom stereocenters. The molecular weight excluding hydrogens is 390 g/mol. The summed E-state index contributed by atoms with van der Waals surface area (Å²) in [4.78, 5) is 21.8. The predicted molar refractivity (Wildman–Crippen MR) is 87.5 cm³/mol. The Balaban J connectivity index is 2.36. The number of aryl methyl sites for hydroxylation is 1. The molecule has 0 spiro atoms. The maximum atomic E-state index is 12.8. The summed E-state index contributed by atoms with van der Waals surface area (Å²) in [6.45, 7) is 0.526. The van der Waals surface area contributed by atoms with Gasteiger partial charge in [0, 0.05) is 6.07 Å². The van der Waals surface area contributed by atoms with Gasteiger partial charge in [-0.05, 0) is 18.6 Å². The van der Waals surface area contributed by atoms with E-state index in [4.69, 9.17) is 4.74 Å². The lowest BCUT2D eigenvalue weighted by atomic mass is 10.0.